The van der Waals surface area contributed by atoms with E-state index >= 15 is 0 Å². The highest BCUT2D eigenvalue weighted by Gasteiger charge is 2.36. The van der Waals surface area contributed by atoms with Gasteiger partial charge in [-0.3, -0.25) is 29.4 Å². The number of nitrogens with zero attached hydrogens (tertiary/aromatic N) is 2. The number of carbonyl (C=O) groups excluding carboxylic acids is 2. The number of rotatable bonds is 6. The number of thioether (sulfide) groups is 1. The van der Waals surface area contributed by atoms with Crippen LogP contribution in [0, 0.1) is 10.1 Å². The fraction of sp³-hybridized carbons (Fsp3) is 0.214. The summed E-state index contributed by atoms with van der Waals surface area (Å²) in [5.74, 6) is -1.85. The number of ether oxygens (including phenoxy) is 2. The largest absolute Gasteiger partial charge is 0.493 e. The van der Waals surface area contributed by atoms with Crippen LogP contribution in [0.1, 0.15) is 5.56 Å². The summed E-state index contributed by atoms with van der Waals surface area (Å²) in [6, 6.07) is 2.42. The lowest BCUT2D eigenvalue weighted by atomic mass is 10.1. The summed E-state index contributed by atoms with van der Waals surface area (Å²) in [5, 5.41) is 19.2. The zero-order valence-corrected chi connectivity index (χ0v) is 13.9. The highest BCUT2D eigenvalue weighted by molar-refractivity contribution is 8.18. The Labute approximate surface area is 145 Å². The van der Waals surface area contributed by atoms with Gasteiger partial charge in [0.15, 0.2) is 11.5 Å². The molecule has 0 atom stereocenters. The first-order valence-electron chi connectivity index (χ1n) is 6.66. The number of aliphatic carboxylic acids is 1. The molecule has 0 saturated carbocycles. The SMILES string of the molecule is COc1cc(/C=C2/SC(=O)N(CC(=O)O)C2=O)c([N+](=O)[O-])cc1OC. The Morgan fingerprint density at radius 3 is 2.44 bits per heavy atom. The van der Waals surface area contributed by atoms with E-state index in [2.05, 4.69) is 0 Å². The molecule has 0 radical (unpaired) electrons. The molecule has 132 valence electrons. The molecule has 0 bridgehead atoms. The third-order valence-electron chi connectivity index (χ3n) is 3.18. The smallest absolute Gasteiger partial charge is 0.323 e. The number of hydrogen-bond donors (Lipinski definition) is 1. The number of nitro groups is 1. The van der Waals surface area contributed by atoms with Crippen LogP contribution in [0.4, 0.5) is 10.5 Å². The summed E-state index contributed by atoms with van der Waals surface area (Å²) < 4.78 is 10.1. The number of carboxylic acid groups (broad SMARTS) is 1. The van der Waals surface area contributed by atoms with Gasteiger partial charge < -0.3 is 14.6 Å². The number of benzene rings is 1. The number of amides is 2. The molecular weight excluding hydrogens is 356 g/mol. The molecule has 1 aromatic carbocycles. The second-order valence-corrected chi connectivity index (χ2v) is 5.68. The van der Waals surface area contributed by atoms with Gasteiger partial charge in [0, 0.05) is 0 Å². The summed E-state index contributed by atoms with van der Waals surface area (Å²) in [4.78, 5) is 45.6. The summed E-state index contributed by atoms with van der Waals surface area (Å²) in [6.45, 7) is -0.782. The van der Waals surface area contributed by atoms with Gasteiger partial charge in [0.1, 0.15) is 6.54 Å². The van der Waals surface area contributed by atoms with Crippen molar-refractivity contribution in [3.63, 3.8) is 0 Å². The minimum Gasteiger partial charge on any atom is -0.493 e. The van der Waals surface area contributed by atoms with Crippen LogP contribution >= 0.6 is 11.8 Å². The number of methoxy groups -OCH3 is 2. The highest BCUT2D eigenvalue weighted by Crippen LogP contribution is 2.38. The molecule has 1 heterocycles. The van der Waals surface area contributed by atoms with E-state index in [4.69, 9.17) is 14.6 Å². The van der Waals surface area contributed by atoms with Crippen molar-refractivity contribution in [2.45, 2.75) is 0 Å². The zero-order valence-electron chi connectivity index (χ0n) is 13.0. The Hall–Kier alpha value is -3.08. The van der Waals surface area contributed by atoms with Gasteiger partial charge in [-0.15, -0.1) is 0 Å². The predicted octanol–water partition coefficient (Wildman–Crippen LogP) is 1.73. The summed E-state index contributed by atoms with van der Waals surface area (Å²) in [7, 11) is 2.66. The second-order valence-electron chi connectivity index (χ2n) is 4.68. The molecule has 1 aromatic rings. The van der Waals surface area contributed by atoms with Crippen molar-refractivity contribution in [3.8, 4) is 11.5 Å². The number of hydrogen-bond acceptors (Lipinski definition) is 8. The molecule has 1 aliphatic heterocycles. The molecule has 25 heavy (non-hydrogen) atoms. The lowest BCUT2D eigenvalue weighted by Crippen LogP contribution is -2.33. The van der Waals surface area contributed by atoms with E-state index < -0.39 is 28.6 Å². The van der Waals surface area contributed by atoms with Crippen LogP contribution < -0.4 is 9.47 Å². The van der Waals surface area contributed by atoms with E-state index in [9.17, 15) is 24.5 Å². The zero-order chi connectivity index (χ0) is 18.7. The molecule has 2 rings (SSSR count). The Bertz CT molecular complexity index is 804. The first kappa shape index (κ1) is 18.3. The average Bonchev–Trinajstić information content (AvgIpc) is 2.81. The standard InChI is InChI=1S/C14H12N2O8S/c1-23-9-3-7(8(16(21)22)5-10(9)24-2)4-11-13(19)15(6-12(17)18)14(20)25-11/h3-5H,6H2,1-2H3,(H,17,18)/b11-4+. The van der Waals surface area contributed by atoms with E-state index in [-0.39, 0.29) is 27.7 Å². The fourth-order valence-electron chi connectivity index (χ4n) is 2.07. The molecule has 2 amide bonds. The quantitative estimate of drug-likeness (QED) is 0.452. The van der Waals surface area contributed by atoms with Gasteiger partial charge in [-0.25, -0.2) is 0 Å². The van der Waals surface area contributed by atoms with Crippen molar-refractivity contribution in [3.05, 3.63) is 32.7 Å². The minimum atomic E-state index is -1.35. The topological polar surface area (TPSA) is 136 Å². The maximum absolute atomic E-state index is 12.1. The molecule has 1 N–H and O–H groups in total. The van der Waals surface area contributed by atoms with E-state index in [1.807, 2.05) is 0 Å². The molecule has 11 heteroatoms. The molecular formula is C14H12N2O8S. The third kappa shape index (κ3) is 3.71. The normalized spacial score (nSPS) is 15.6. The number of carboxylic acids is 1. The van der Waals surface area contributed by atoms with Crippen molar-refractivity contribution in [1.82, 2.24) is 4.90 Å². The van der Waals surface area contributed by atoms with Gasteiger partial charge in [0.25, 0.3) is 16.8 Å². The van der Waals surface area contributed by atoms with Gasteiger partial charge in [0.05, 0.1) is 35.7 Å². The molecule has 1 fully saturated rings. The fourth-order valence-corrected chi connectivity index (χ4v) is 2.90. The Morgan fingerprint density at radius 2 is 1.92 bits per heavy atom. The van der Waals surface area contributed by atoms with Crippen molar-refractivity contribution < 1.29 is 33.9 Å². The first-order valence-corrected chi connectivity index (χ1v) is 7.47. The number of nitro benzene ring substituents is 1. The summed E-state index contributed by atoms with van der Waals surface area (Å²) >= 11 is 0.503. The maximum atomic E-state index is 12.1. The monoisotopic (exact) mass is 368 g/mol. The van der Waals surface area contributed by atoms with E-state index in [1.165, 1.54) is 20.3 Å². The Balaban J connectivity index is 2.50. The molecule has 0 aromatic heterocycles. The van der Waals surface area contributed by atoms with Crippen LogP contribution in [0.25, 0.3) is 6.08 Å². The van der Waals surface area contributed by atoms with Gasteiger partial charge in [0.2, 0.25) is 0 Å². The lowest BCUT2D eigenvalue weighted by Gasteiger charge is -2.09. The van der Waals surface area contributed by atoms with E-state index in [0.717, 1.165) is 12.1 Å². The van der Waals surface area contributed by atoms with Gasteiger partial charge >= 0.3 is 5.97 Å². The van der Waals surface area contributed by atoms with Crippen LogP contribution in [0.2, 0.25) is 0 Å². The van der Waals surface area contributed by atoms with Gasteiger partial charge in [-0.1, -0.05) is 0 Å². The van der Waals surface area contributed by atoms with Crippen LogP contribution in [-0.4, -0.2) is 52.8 Å². The number of imide groups is 1. The van der Waals surface area contributed by atoms with Crippen LogP contribution in [0.5, 0.6) is 11.5 Å². The molecule has 1 saturated heterocycles. The maximum Gasteiger partial charge on any atom is 0.323 e. The minimum absolute atomic E-state index is 0.0171. The van der Waals surface area contributed by atoms with Crippen LogP contribution in [0.3, 0.4) is 0 Å². The highest BCUT2D eigenvalue weighted by atomic mass is 32.2. The van der Waals surface area contributed by atoms with Crippen molar-refractivity contribution in [1.29, 1.82) is 0 Å². The van der Waals surface area contributed by atoms with Crippen molar-refractivity contribution in [2.75, 3.05) is 20.8 Å². The Morgan fingerprint density at radius 1 is 1.32 bits per heavy atom. The molecule has 0 spiro atoms. The molecule has 0 unspecified atom stereocenters. The van der Waals surface area contributed by atoms with E-state index in [1.54, 1.807) is 0 Å². The predicted molar refractivity (Wildman–Crippen MR) is 86.5 cm³/mol. The second kappa shape index (κ2) is 7.21. The summed E-state index contributed by atoms with van der Waals surface area (Å²) in [5.41, 5.74) is -0.342. The van der Waals surface area contributed by atoms with Gasteiger partial charge in [-0.05, 0) is 23.9 Å². The molecule has 0 aliphatic carbocycles. The first-order chi connectivity index (χ1) is 11.8. The lowest BCUT2D eigenvalue weighted by molar-refractivity contribution is -0.385. The van der Waals surface area contributed by atoms with Gasteiger partial charge in [-0.2, -0.15) is 0 Å². The van der Waals surface area contributed by atoms with Crippen molar-refractivity contribution in [2.24, 2.45) is 0 Å². The van der Waals surface area contributed by atoms with Crippen LogP contribution in [-0.2, 0) is 9.59 Å². The molecule has 10 nitrogen and oxygen atoms in total. The third-order valence-corrected chi connectivity index (χ3v) is 4.09. The van der Waals surface area contributed by atoms with E-state index in [0.29, 0.717) is 16.7 Å². The van der Waals surface area contributed by atoms with Crippen LogP contribution in [0.15, 0.2) is 17.0 Å². The average molecular weight is 368 g/mol. The number of carbonyl (C=O) groups is 3. The van der Waals surface area contributed by atoms with Crippen molar-refractivity contribution >= 4 is 40.6 Å². The summed E-state index contributed by atoms with van der Waals surface area (Å²) in [6.07, 6.45) is 1.15. The Kier molecular flexibility index (Phi) is 5.27. The molecule has 1 aliphatic rings.